The summed E-state index contributed by atoms with van der Waals surface area (Å²) in [6, 6.07) is 14.0. The molecule has 0 fully saturated rings. The topological polar surface area (TPSA) is 64.4 Å². The van der Waals surface area contributed by atoms with Gasteiger partial charge in [0.1, 0.15) is 5.75 Å². The predicted octanol–water partition coefficient (Wildman–Crippen LogP) is 4.26. The molecule has 0 atom stereocenters. The van der Waals surface area contributed by atoms with Crippen LogP contribution in [0.1, 0.15) is 10.4 Å². The van der Waals surface area contributed by atoms with Crippen molar-refractivity contribution in [2.45, 2.75) is 0 Å². The van der Waals surface area contributed by atoms with Gasteiger partial charge in [-0.15, -0.1) is 0 Å². The van der Waals surface area contributed by atoms with Gasteiger partial charge in [0, 0.05) is 10.6 Å². The molecule has 1 heterocycles. The molecular formula is C17H13ClN2O3. The molecule has 0 unspecified atom stereocenters. The van der Waals surface area contributed by atoms with Crippen molar-refractivity contribution in [1.82, 2.24) is 5.16 Å². The zero-order valence-electron chi connectivity index (χ0n) is 12.2. The van der Waals surface area contributed by atoms with Gasteiger partial charge in [0.15, 0.2) is 0 Å². The van der Waals surface area contributed by atoms with E-state index >= 15 is 0 Å². The third-order valence-electron chi connectivity index (χ3n) is 3.30. The molecule has 1 amide bonds. The molecule has 0 spiro atoms. The molecule has 2 aromatic carbocycles. The van der Waals surface area contributed by atoms with Crippen molar-refractivity contribution in [3.8, 4) is 16.9 Å². The van der Waals surface area contributed by atoms with E-state index in [-0.39, 0.29) is 11.8 Å². The molecular weight excluding hydrogens is 316 g/mol. The number of hydrogen-bond donors (Lipinski definition) is 1. The van der Waals surface area contributed by atoms with Crippen molar-refractivity contribution in [2.75, 3.05) is 12.4 Å². The number of carbonyl (C=O) groups is 1. The zero-order chi connectivity index (χ0) is 16.2. The van der Waals surface area contributed by atoms with Crippen molar-refractivity contribution in [1.29, 1.82) is 0 Å². The average Bonchev–Trinajstić information content (AvgIpc) is 3.03. The van der Waals surface area contributed by atoms with Gasteiger partial charge >= 0.3 is 0 Å². The number of aromatic nitrogens is 1. The lowest BCUT2D eigenvalue weighted by Crippen LogP contribution is -2.11. The fraction of sp³-hybridized carbons (Fsp3) is 0.0588. The molecule has 0 aliphatic carbocycles. The van der Waals surface area contributed by atoms with Crippen LogP contribution in [0.25, 0.3) is 11.1 Å². The van der Waals surface area contributed by atoms with E-state index in [4.69, 9.17) is 20.9 Å². The van der Waals surface area contributed by atoms with Crippen molar-refractivity contribution in [3.63, 3.8) is 0 Å². The van der Waals surface area contributed by atoms with Gasteiger partial charge in [-0.05, 0) is 42.0 Å². The number of anilines is 1. The van der Waals surface area contributed by atoms with Crippen LogP contribution in [0, 0.1) is 0 Å². The second-order valence-corrected chi connectivity index (χ2v) is 5.19. The number of carbonyl (C=O) groups excluding carboxylic acids is 1. The molecule has 0 aliphatic rings. The summed E-state index contributed by atoms with van der Waals surface area (Å²) < 4.78 is 10.2. The van der Waals surface area contributed by atoms with Gasteiger partial charge < -0.3 is 9.26 Å². The maximum Gasteiger partial charge on any atom is 0.258 e. The minimum absolute atomic E-state index is 0.285. The van der Waals surface area contributed by atoms with Crippen LogP contribution in [0.4, 0.5) is 5.88 Å². The molecule has 23 heavy (non-hydrogen) atoms. The molecule has 6 heteroatoms. The molecule has 0 saturated heterocycles. The molecule has 0 radical (unpaired) electrons. The maximum absolute atomic E-state index is 12.3. The van der Waals surface area contributed by atoms with Gasteiger partial charge in [-0.3, -0.25) is 10.1 Å². The molecule has 0 aliphatic heterocycles. The van der Waals surface area contributed by atoms with Crippen molar-refractivity contribution in [2.24, 2.45) is 0 Å². The van der Waals surface area contributed by atoms with E-state index < -0.39 is 0 Å². The summed E-state index contributed by atoms with van der Waals surface area (Å²) >= 11 is 5.88. The third kappa shape index (κ3) is 3.35. The fourth-order valence-electron chi connectivity index (χ4n) is 2.08. The Bertz CT molecular complexity index is 811. The number of hydrogen-bond acceptors (Lipinski definition) is 4. The molecule has 116 valence electrons. The maximum atomic E-state index is 12.3. The minimum Gasteiger partial charge on any atom is -0.497 e. The minimum atomic E-state index is -0.292. The van der Waals surface area contributed by atoms with E-state index in [1.807, 2.05) is 12.1 Å². The fourth-order valence-corrected chi connectivity index (χ4v) is 2.21. The number of nitrogens with zero attached hydrogens (tertiary/aromatic N) is 1. The van der Waals surface area contributed by atoms with Crippen LogP contribution in [0.15, 0.2) is 59.3 Å². The first-order valence-electron chi connectivity index (χ1n) is 6.83. The summed E-state index contributed by atoms with van der Waals surface area (Å²) in [7, 11) is 1.57. The summed E-state index contributed by atoms with van der Waals surface area (Å²) in [6.07, 6.45) is 1.55. The van der Waals surface area contributed by atoms with Crippen molar-refractivity contribution < 1.29 is 14.1 Å². The predicted molar refractivity (Wildman–Crippen MR) is 87.9 cm³/mol. The lowest BCUT2D eigenvalue weighted by Gasteiger charge is -2.05. The summed E-state index contributed by atoms with van der Waals surface area (Å²) in [6.45, 7) is 0. The first-order valence-corrected chi connectivity index (χ1v) is 7.21. The van der Waals surface area contributed by atoms with Crippen LogP contribution in [-0.4, -0.2) is 18.2 Å². The van der Waals surface area contributed by atoms with Gasteiger partial charge in [-0.25, -0.2) is 0 Å². The lowest BCUT2D eigenvalue weighted by molar-refractivity contribution is 0.102. The van der Waals surface area contributed by atoms with Crippen LogP contribution >= 0.6 is 11.6 Å². The van der Waals surface area contributed by atoms with Gasteiger partial charge in [-0.2, -0.15) is 0 Å². The standard InChI is InChI=1S/C17H13ClN2O3/c1-22-14-8-4-12(5-9-14)16(21)20-17-15(10-19-23-17)11-2-6-13(18)7-3-11/h2-10H,1H3,(H,20,21). The molecule has 1 aromatic heterocycles. The first-order chi connectivity index (χ1) is 11.2. The summed E-state index contributed by atoms with van der Waals surface area (Å²) in [5.41, 5.74) is 2.02. The monoisotopic (exact) mass is 328 g/mol. The van der Waals surface area contributed by atoms with Crippen LogP contribution < -0.4 is 10.1 Å². The summed E-state index contributed by atoms with van der Waals surface area (Å²) in [4.78, 5) is 12.3. The number of methoxy groups -OCH3 is 1. The number of nitrogens with one attached hydrogen (secondary N) is 1. The normalized spacial score (nSPS) is 10.3. The van der Waals surface area contributed by atoms with Crippen molar-refractivity contribution in [3.05, 3.63) is 65.3 Å². The summed E-state index contributed by atoms with van der Waals surface area (Å²) in [5, 5.41) is 7.10. The average molecular weight is 329 g/mol. The SMILES string of the molecule is COc1ccc(C(=O)Nc2oncc2-c2ccc(Cl)cc2)cc1. The molecule has 0 bridgehead atoms. The van der Waals surface area contributed by atoms with E-state index in [0.717, 1.165) is 5.56 Å². The highest BCUT2D eigenvalue weighted by Crippen LogP contribution is 2.29. The van der Waals surface area contributed by atoms with E-state index in [1.165, 1.54) is 0 Å². The highest BCUT2D eigenvalue weighted by molar-refractivity contribution is 6.30. The Labute approximate surface area is 137 Å². The zero-order valence-corrected chi connectivity index (χ0v) is 13.0. The van der Waals surface area contributed by atoms with E-state index in [1.54, 1.807) is 49.7 Å². The van der Waals surface area contributed by atoms with Crippen LogP contribution in [0.2, 0.25) is 5.02 Å². The highest BCUT2D eigenvalue weighted by atomic mass is 35.5. The number of rotatable bonds is 4. The van der Waals surface area contributed by atoms with Gasteiger partial charge in [0.25, 0.3) is 5.91 Å². The van der Waals surface area contributed by atoms with Crippen LogP contribution in [0.3, 0.4) is 0 Å². The van der Waals surface area contributed by atoms with Gasteiger partial charge in [-0.1, -0.05) is 28.9 Å². The number of ether oxygens (including phenoxy) is 1. The van der Waals surface area contributed by atoms with Crippen LogP contribution in [-0.2, 0) is 0 Å². The van der Waals surface area contributed by atoms with E-state index in [9.17, 15) is 4.79 Å². The second kappa shape index (κ2) is 6.54. The molecule has 3 rings (SSSR count). The lowest BCUT2D eigenvalue weighted by atomic mass is 10.1. The number of halogens is 1. The van der Waals surface area contributed by atoms with Crippen LogP contribution in [0.5, 0.6) is 5.75 Å². The van der Waals surface area contributed by atoms with E-state index in [0.29, 0.717) is 21.9 Å². The molecule has 3 aromatic rings. The molecule has 0 saturated carbocycles. The van der Waals surface area contributed by atoms with Gasteiger partial charge in [0.05, 0.1) is 18.9 Å². The summed E-state index contributed by atoms with van der Waals surface area (Å²) in [5.74, 6) is 0.677. The molecule has 1 N–H and O–H groups in total. The Balaban J connectivity index is 1.81. The Morgan fingerprint density at radius 2 is 1.83 bits per heavy atom. The third-order valence-corrected chi connectivity index (χ3v) is 3.56. The number of benzene rings is 2. The van der Waals surface area contributed by atoms with Gasteiger partial charge in [0.2, 0.25) is 5.88 Å². The van der Waals surface area contributed by atoms with E-state index in [2.05, 4.69) is 10.5 Å². The quantitative estimate of drug-likeness (QED) is 0.777. The largest absolute Gasteiger partial charge is 0.497 e. The second-order valence-electron chi connectivity index (χ2n) is 4.76. The Kier molecular flexibility index (Phi) is 4.30. The molecule has 5 nitrogen and oxygen atoms in total. The van der Waals surface area contributed by atoms with Crippen molar-refractivity contribution >= 4 is 23.4 Å². The Morgan fingerprint density at radius 1 is 1.13 bits per heavy atom. The smallest absolute Gasteiger partial charge is 0.258 e. The number of amides is 1. The Morgan fingerprint density at radius 3 is 2.48 bits per heavy atom. The first kappa shape index (κ1) is 15.1. The highest BCUT2D eigenvalue weighted by Gasteiger charge is 2.14. The Hall–Kier alpha value is -2.79.